The van der Waals surface area contributed by atoms with E-state index in [1.165, 1.54) is 5.82 Å². The standard InChI is InChI=1S/C10H17N3/c1-10(2)7(6-11)8(10)9-12-4-5-13(9)3/h4-5,7-8H,6,11H2,1-3H3. The first-order valence-electron chi connectivity index (χ1n) is 4.76. The van der Waals surface area contributed by atoms with Crippen molar-refractivity contribution in [2.24, 2.45) is 24.1 Å². The second-order valence-electron chi connectivity index (χ2n) is 4.54. The van der Waals surface area contributed by atoms with Crippen molar-refractivity contribution in [2.45, 2.75) is 19.8 Å². The van der Waals surface area contributed by atoms with Crippen LogP contribution in [0.3, 0.4) is 0 Å². The largest absolute Gasteiger partial charge is 0.338 e. The van der Waals surface area contributed by atoms with Crippen LogP contribution < -0.4 is 5.73 Å². The van der Waals surface area contributed by atoms with Crippen LogP contribution >= 0.6 is 0 Å². The molecule has 72 valence electrons. The molecule has 0 aromatic carbocycles. The van der Waals surface area contributed by atoms with Crippen LogP contribution in [-0.2, 0) is 7.05 Å². The predicted molar refractivity (Wildman–Crippen MR) is 52.3 cm³/mol. The van der Waals surface area contributed by atoms with Crippen molar-refractivity contribution in [1.29, 1.82) is 0 Å². The molecule has 0 aliphatic heterocycles. The smallest absolute Gasteiger partial charge is 0.112 e. The van der Waals surface area contributed by atoms with Gasteiger partial charge in [-0.05, 0) is 17.9 Å². The number of nitrogens with zero attached hydrogens (tertiary/aromatic N) is 2. The lowest BCUT2D eigenvalue weighted by Gasteiger charge is -2.02. The molecule has 3 nitrogen and oxygen atoms in total. The topological polar surface area (TPSA) is 43.8 Å². The summed E-state index contributed by atoms with van der Waals surface area (Å²) in [4.78, 5) is 4.38. The van der Waals surface area contributed by atoms with Gasteiger partial charge in [0.25, 0.3) is 0 Å². The first-order chi connectivity index (χ1) is 6.09. The van der Waals surface area contributed by atoms with E-state index < -0.39 is 0 Å². The highest BCUT2D eigenvalue weighted by Gasteiger charge is 2.59. The highest BCUT2D eigenvalue weighted by molar-refractivity contribution is 5.22. The fraction of sp³-hybridized carbons (Fsp3) is 0.700. The molecule has 1 aromatic heterocycles. The summed E-state index contributed by atoms with van der Waals surface area (Å²) in [7, 11) is 2.05. The Morgan fingerprint density at radius 2 is 2.31 bits per heavy atom. The van der Waals surface area contributed by atoms with E-state index in [0.29, 0.717) is 17.3 Å². The normalized spacial score (nSPS) is 30.5. The lowest BCUT2D eigenvalue weighted by molar-refractivity contribution is 0.553. The molecule has 1 aromatic rings. The molecule has 0 amide bonds. The van der Waals surface area contributed by atoms with Gasteiger partial charge in [0.05, 0.1) is 0 Å². The Morgan fingerprint density at radius 1 is 1.62 bits per heavy atom. The van der Waals surface area contributed by atoms with Crippen molar-refractivity contribution < 1.29 is 0 Å². The quantitative estimate of drug-likeness (QED) is 0.739. The Bertz CT molecular complexity index is 314. The molecule has 0 saturated heterocycles. The number of aromatic nitrogens is 2. The highest BCUT2D eigenvalue weighted by atomic mass is 15.1. The molecule has 1 fully saturated rings. The summed E-state index contributed by atoms with van der Waals surface area (Å²) < 4.78 is 2.10. The van der Waals surface area contributed by atoms with Crippen molar-refractivity contribution in [1.82, 2.24) is 9.55 Å². The molecule has 0 spiro atoms. The molecular weight excluding hydrogens is 162 g/mol. The van der Waals surface area contributed by atoms with Crippen LogP contribution in [0.15, 0.2) is 12.4 Å². The maximum atomic E-state index is 5.72. The summed E-state index contributed by atoms with van der Waals surface area (Å²) in [6.07, 6.45) is 3.86. The maximum Gasteiger partial charge on any atom is 0.112 e. The van der Waals surface area contributed by atoms with E-state index in [-0.39, 0.29) is 0 Å². The number of rotatable bonds is 2. The molecule has 0 bridgehead atoms. The zero-order valence-corrected chi connectivity index (χ0v) is 8.49. The molecule has 3 heteroatoms. The summed E-state index contributed by atoms with van der Waals surface area (Å²) in [6, 6.07) is 0. The highest BCUT2D eigenvalue weighted by Crippen LogP contribution is 2.63. The molecule has 2 atom stereocenters. The lowest BCUT2D eigenvalue weighted by atomic mass is 10.1. The second kappa shape index (κ2) is 2.58. The summed E-state index contributed by atoms with van der Waals surface area (Å²) in [5.74, 6) is 2.34. The van der Waals surface area contributed by atoms with E-state index in [0.717, 1.165) is 6.54 Å². The van der Waals surface area contributed by atoms with Gasteiger partial charge >= 0.3 is 0 Å². The fourth-order valence-electron chi connectivity index (χ4n) is 2.37. The van der Waals surface area contributed by atoms with Gasteiger partial charge in [0.2, 0.25) is 0 Å². The van der Waals surface area contributed by atoms with Gasteiger partial charge in [-0.25, -0.2) is 4.98 Å². The Kier molecular flexibility index (Phi) is 1.74. The Morgan fingerprint density at radius 3 is 2.69 bits per heavy atom. The van der Waals surface area contributed by atoms with Gasteiger partial charge < -0.3 is 10.3 Å². The van der Waals surface area contributed by atoms with Crippen molar-refractivity contribution in [3.8, 4) is 0 Å². The number of aryl methyl sites for hydroxylation is 1. The molecule has 0 radical (unpaired) electrons. The van der Waals surface area contributed by atoms with E-state index in [1.54, 1.807) is 0 Å². The zero-order chi connectivity index (χ0) is 9.64. The molecule has 1 aliphatic carbocycles. The van der Waals surface area contributed by atoms with E-state index in [1.807, 2.05) is 19.4 Å². The zero-order valence-electron chi connectivity index (χ0n) is 8.49. The summed E-state index contributed by atoms with van der Waals surface area (Å²) in [5, 5.41) is 0. The summed E-state index contributed by atoms with van der Waals surface area (Å²) in [5.41, 5.74) is 6.06. The minimum Gasteiger partial charge on any atom is -0.338 e. The van der Waals surface area contributed by atoms with Gasteiger partial charge in [0.1, 0.15) is 5.82 Å². The fourth-order valence-corrected chi connectivity index (χ4v) is 2.37. The second-order valence-corrected chi connectivity index (χ2v) is 4.54. The van der Waals surface area contributed by atoms with Crippen molar-refractivity contribution in [2.75, 3.05) is 6.54 Å². The lowest BCUT2D eigenvalue weighted by Crippen LogP contribution is -2.05. The Hall–Kier alpha value is -0.830. The molecule has 13 heavy (non-hydrogen) atoms. The van der Waals surface area contributed by atoms with Crippen LogP contribution in [0.5, 0.6) is 0 Å². The third-order valence-electron chi connectivity index (χ3n) is 3.44. The van der Waals surface area contributed by atoms with Crippen LogP contribution in [0.25, 0.3) is 0 Å². The minimum absolute atomic E-state index is 0.341. The first kappa shape index (κ1) is 8.75. The summed E-state index contributed by atoms with van der Waals surface area (Å²) >= 11 is 0. The molecule has 2 rings (SSSR count). The van der Waals surface area contributed by atoms with Crippen molar-refractivity contribution in [3.05, 3.63) is 18.2 Å². The van der Waals surface area contributed by atoms with Crippen molar-refractivity contribution >= 4 is 0 Å². The van der Waals surface area contributed by atoms with Gasteiger partial charge in [-0.1, -0.05) is 13.8 Å². The molecule has 1 aliphatic rings. The number of imidazole rings is 1. The molecule has 1 saturated carbocycles. The average molecular weight is 179 g/mol. The third-order valence-corrected chi connectivity index (χ3v) is 3.44. The molecule has 2 unspecified atom stereocenters. The average Bonchev–Trinajstić information content (AvgIpc) is 2.41. The first-order valence-corrected chi connectivity index (χ1v) is 4.76. The van der Waals surface area contributed by atoms with Crippen LogP contribution in [0.1, 0.15) is 25.6 Å². The van der Waals surface area contributed by atoms with E-state index in [9.17, 15) is 0 Å². The van der Waals surface area contributed by atoms with Crippen LogP contribution in [0.2, 0.25) is 0 Å². The van der Waals surface area contributed by atoms with Gasteiger partial charge in [-0.15, -0.1) is 0 Å². The SMILES string of the molecule is Cn1ccnc1C1C(CN)C1(C)C. The van der Waals surface area contributed by atoms with Crippen LogP contribution in [0.4, 0.5) is 0 Å². The van der Waals surface area contributed by atoms with Gasteiger partial charge in [-0.3, -0.25) is 0 Å². The summed E-state index contributed by atoms with van der Waals surface area (Å²) in [6.45, 7) is 5.30. The maximum absolute atomic E-state index is 5.72. The van der Waals surface area contributed by atoms with E-state index >= 15 is 0 Å². The number of hydrogen-bond acceptors (Lipinski definition) is 2. The number of nitrogens with two attached hydrogens (primary N) is 1. The van der Waals surface area contributed by atoms with E-state index in [4.69, 9.17) is 5.73 Å². The predicted octanol–water partition coefficient (Wildman–Crippen LogP) is 1.12. The third kappa shape index (κ3) is 1.10. The van der Waals surface area contributed by atoms with E-state index in [2.05, 4.69) is 23.4 Å². The Labute approximate surface area is 79.0 Å². The number of hydrogen-bond donors (Lipinski definition) is 1. The minimum atomic E-state index is 0.341. The Balaban J connectivity index is 2.26. The van der Waals surface area contributed by atoms with Gasteiger partial charge in [0.15, 0.2) is 0 Å². The van der Waals surface area contributed by atoms with Gasteiger partial charge in [-0.2, -0.15) is 0 Å². The van der Waals surface area contributed by atoms with Crippen LogP contribution in [-0.4, -0.2) is 16.1 Å². The van der Waals surface area contributed by atoms with Gasteiger partial charge in [0, 0.05) is 25.4 Å². The molecule has 2 N–H and O–H groups in total. The van der Waals surface area contributed by atoms with Crippen LogP contribution in [0, 0.1) is 11.3 Å². The van der Waals surface area contributed by atoms with Crippen molar-refractivity contribution in [3.63, 3.8) is 0 Å². The molecule has 1 heterocycles. The monoisotopic (exact) mass is 179 g/mol. The molecular formula is C10H17N3.